The second kappa shape index (κ2) is 8.58. The SMILES string of the molecule is COc1cc(C(=O)NC(N)=S)cc(Cl)c1OCc1c(Cl)cccc1Cl. The van der Waals surface area contributed by atoms with E-state index in [1.54, 1.807) is 18.2 Å². The number of nitrogens with one attached hydrogen (secondary N) is 1. The van der Waals surface area contributed by atoms with E-state index in [-0.39, 0.29) is 33.8 Å². The molecule has 0 bridgehead atoms. The lowest BCUT2D eigenvalue weighted by Crippen LogP contribution is -2.34. The van der Waals surface area contributed by atoms with Crippen molar-refractivity contribution >= 4 is 58.0 Å². The van der Waals surface area contributed by atoms with E-state index in [0.29, 0.717) is 15.6 Å². The molecule has 132 valence electrons. The van der Waals surface area contributed by atoms with Gasteiger partial charge in [0.15, 0.2) is 16.6 Å². The molecule has 0 atom stereocenters. The zero-order valence-corrected chi connectivity index (χ0v) is 16.0. The number of rotatable bonds is 5. The van der Waals surface area contributed by atoms with Crippen LogP contribution in [-0.4, -0.2) is 18.1 Å². The van der Waals surface area contributed by atoms with Gasteiger partial charge >= 0.3 is 0 Å². The number of thiocarbonyl (C=S) groups is 1. The van der Waals surface area contributed by atoms with Gasteiger partial charge in [0.25, 0.3) is 5.91 Å². The number of benzene rings is 2. The highest BCUT2D eigenvalue weighted by Crippen LogP contribution is 2.38. The van der Waals surface area contributed by atoms with E-state index in [2.05, 4.69) is 17.5 Å². The average Bonchev–Trinajstić information content (AvgIpc) is 2.54. The van der Waals surface area contributed by atoms with Gasteiger partial charge in [-0.15, -0.1) is 0 Å². The minimum Gasteiger partial charge on any atom is -0.493 e. The first-order chi connectivity index (χ1) is 11.8. The van der Waals surface area contributed by atoms with E-state index in [4.69, 9.17) is 50.0 Å². The van der Waals surface area contributed by atoms with E-state index >= 15 is 0 Å². The molecule has 0 aromatic heterocycles. The van der Waals surface area contributed by atoms with Gasteiger partial charge in [-0.1, -0.05) is 40.9 Å². The van der Waals surface area contributed by atoms with Gasteiger partial charge in [0, 0.05) is 21.2 Å². The Labute approximate surface area is 164 Å². The van der Waals surface area contributed by atoms with Crippen LogP contribution in [0.4, 0.5) is 0 Å². The fourth-order valence-corrected chi connectivity index (χ4v) is 2.85. The van der Waals surface area contributed by atoms with Crippen LogP contribution in [-0.2, 0) is 6.61 Å². The molecule has 0 saturated heterocycles. The Morgan fingerprint density at radius 2 is 1.84 bits per heavy atom. The number of methoxy groups -OCH3 is 1. The van der Waals surface area contributed by atoms with E-state index in [1.807, 2.05) is 0 Å². The summed E-state index contributed by atoms with van der Waals surface area (Å²) in [6.45, 7) is 0.0764. The summed E-state index contributed by atoms with van der Waals surface area (Å²) in [6, 6.07) is 8.02. The van der Waals surface area contributed by atoms with Crippen molar-refractivity contribution in [3.05, 3.63) is 56.5 Å². The molecule has 5 nitrogen and oxygen atoms in total. The van der Waals surface area contributed by atoms with Crippen LogP contribution < -0.4 is 20.5 Å². The van der Waals surface area contributed by atoms with Gasteiger partial charge in [-0.3, -0.25) is 10.1 Å². The average molecular weight is 420 g/mol. The van der Waals surface area contributed by atoms with Crippen LogP contribution in [0.5, 0.6) is 11.5 Å². The van der Waals surface area contributed by atoms with Crippen LogP contribution in [0.15, 0.2) is 30.3 Å². The normalized spacial score (nSPS) is 10.2. The molecule has 0 heterocycles. The molecule has 0 aliphatic heterocycles. The Morgan fingerprint density at radius 3 is 2.40 bits per heavy atom. The first-order valence-electron chi connectivity index (χ1n) is 6.87. The molecular formula is C16H13Cl3N2O3S. The summed E-state index contributed by atoms with van der Waals surface area (Å²) in [6.07, 6.45) is 0. The van der Waals surface area contributed by atoms with E-state index in [1.165, 1.54) is 19.2 Å². The highest BCUT2D eigenvalue weighted by molar-refractivity contribution is 7.80. The Balaban J connectivity index is 2.29. The summed E-state index contributed by atoms with van der Waals surface area (Å²) < 4.78 is 11.0. The van der Waals surface area contributed by atoms with Crippen LogP contribution in [0.1, 0.15) is 15.9 Å². The highest BCUT2D eigenvalue weighted by Gasteiger charge is 2.17. The Hall–Kier alpha value is -1.73. The maximum Gasteiger partial charge on any atom is 0.257 e. The van der Waals surface area contributed by atoms with Gasteiger partial charge < -0.3 is 15.2 Å². The molecule has 2 aromatic rings. The van der Waals surface area contributed by atoms with Crippen LogP contribution in [0.2, 0.25) is 15.1 Å². The molecule has 3 N–H and O–H groups in total. The van der Waals surface area contributed by atoms with E-state index < -0.39 is 5.91 Å². The topological polar surface area (TPSA) is 73.6 Å². The van der Waals surface area contributed by atoms with Crippen LogP contribution >= 0.6 is 47.0 Å². The number of amides is 1. The minimum atomic E-state index is -0.506. The molecule has 9 heteroatoms. The lowest BCUT2D eigenvalue weighted by Gasteiger charge is -2.15. The van der Waals surface area contributed by atoms with E-state index in [0.717, 1.165) is 0 Å². The second-order valence-corrected chi connectivity index (χ2v) is 6.46. The zero-order valence-electron chi connectivity index (χ0n) is 12.9. The number of hydrogen-bond donors (Lipinski definition) is 2. The number of halogens is 3. The molecule has 0 aliphatic rings. The molecule has 0 saturated carbocycles. The van der Waals surface area contributed by atoms with Crippen molar-refractivity contribution in [2.24, 2.45) is 5.73 Å². The third-order valence-corrected chi connectivity index (χ3v) is 4.24. The third kappa shape index (κ3) is 4.89. The first-order valence-corrected chi connectivity index (χ1v) is 8.41. The summed E-state index contributed by atoms with van der Waals surface area (Å²) in [5, 5.41) is 3.28. The largest absolute Gasteiger partial charge is 0.493 e. The lowest BCUT2D eigenvalue weighted by atomic mass is 10.2. The minimum absolute atomic E-state index is 0.0764. The molecule has 0 radical (unpaired) electrons. The number of carbonyl (C=O) groups excluding carboxylic acids is 1. The Morgan fingerprint density at radius 1 is 1.20 bits per heavy atom. The molecular weight excluding hydrogens is 407 g/mol. The van der Waals surface area contributed by atoms with Gasteiger partial charge in [-0.25, -0.2) is 0 Å². The van der Waals surface area contributed by atoms with Crippen molar-refractivity contribution in [2.45, 2.75) is 6.61 Å². The third-order valence-electron chi connectivity index (χ3n) is 3.15. The Bertz CT molecular complexity index is 810. The number of nitrogens with two attached hydrogens (primary N) is 1. The summed E-state index contributed by atoms with van der Waals surface area (Å²) in [7, 11) is 1.43. The highest BCUT2D eigenvalue weighted by atomic mass is 35.5. The molecule has 0 unspecified atom stereocenters. The zero-order chi connectivity index (χ0) is 18.6. The molecule has 25 heavy (non-hydrogen) atoms. The monoisotopic (exact) mass is 418 g/mol. The molecule has 0 spiro atoms. The summed E-state index contributed by atoms with van der Waals surface area (Å²) in [4.78, 5) is 12.0. The van der Waals surface area contributed by atoms with Gasteiger partial charge in [0.05, 0.1) is 12.1 Å². The van der Waals surface area contributed by atoms with E-state index in [9.17, 15) is 4.79 Å². The van der Waals surface area contributed by atoms with Crippen molar-refractivity contribution in [3.8, 4) is 11.5 Å². The van der Waals surface area contributed by atoms with Crippen molar-refractivity contribution in [1.29, 1.82) is 0 Å². The fourth-order valence-electron chi connectivity index (χ4n) is 1.99. The van der Waals surface area contributed by atoms with Crippen LogP contribution in [0.3, 0.4) is 0 Å². The predicted octanol–water partition coefficient (Wildman–Crippen LogP) is 4.21. The van der Waals surface area contributed by atoms with Crippen molar-refractivity contribution in [3.63, 3.8) is 0 Å². The van der Waals surface area contributed by atoms with Crippen LogP contribution in [0.25, 0.3) is 0 Å². The smallest absolute Gasteiger partial charge is 0.257 e. The number of carbonyl (C=O) groups is 1. The first kappa shape index (κ1) is 19.6. The lowest BCUT2D eigenvalue weighted by molar-refractivity contribution is 0.0977. The van der Waals surface area contributed by atoms with Crippen molar-refractivity contribution in [1.82, 2.24) is 5.32 Å². The summed E-state index contributed by atoms with van der Waals surface area (Å²) >= 11 is 23.1. The number of hydrogen-bond acceptors (Lipinski definition) is 4. The fraction of sp³-hybridized carbons (Fsp3) is 0.125. The quantitative estimate of drug-likeness (QED) is 0.710. The maximum absolute atomic E-state index is 12.0. The molecule has 2 rings (SSSR count). The summed E-state index contributed by atoms with van der Waals surface area (Å²) in [5.41, 5.74) is 6.13. The van der Waals surface area contributed by atoms with Crippen molar-refractivity contribution in [2.75, 3.05) is 7.11 Å². The van der Waals surface area contributed by atoms with Gasteiger partial charge in [0.1, 0.15) is 6.61 Å². The number of ether oxygens (including phenoxy) is 2. The van der Waals surface area contributed by atoms with Gasteiger partial charge in [-0.05, 0) is 36.5 Å². The standard InChI is InChI=1S/C16H13Cl3N2O3S/c1-23-13-6-8(15(22)21-16(20)25)5-12(19)14(13)24-7-9-10(17)3-2-4-11(9)18/h2-6H,7H2,1H3,(H3,20,21,22,25). The van der Waals surface area contributed by atoms with Crippen LogP contribution in [0, 0.1) is 0 Å². The molecule has 2 aromatic carbocycles. The molecule has 0 fully saturated rings. The van der Waals surface area contributed by atoms with Crippen molar-refractivity contribution < 1.29 is 14.3 Å². The second-order valence-electron chi connectivity index (χ2n) is 4.80. The summed E-state index contributed by atoms with van der Waals surface area (Å²) in [5.74, 6) is 0.0178. The van der Waals surface area contributed by atoms with Gasteiger partial charge in [-0.2, -0.15) is 0 Å². The Kier molecular flexibility index (Phi) is 6.72. The molecule has 0 aliphatic carbocycles. The molecule has 1 amide bonds. The predicted molar refractivity (Wildman–Crippen MR) is 103 cm³/mol. The van der Waals surface area contributed by atoms with Gasteiger partial charge in [0.2, 0.25) is 0 Å². The maximum atomic E-state index is 12.0.